The summed E-state index contributed by atoms with van der Waals surface area (Å²) >= 11 is 6.08. The summed E-state index contributed by atoms with van der Waals surface area (Å²) in [6.07, 6.45) is 3.32. The van der Waals surface area contributed by atoms with E-state index in [4.69, 9.17) is 16.3 Å². The lowest BCUT2D eigenvalue weighted by Gasteiger charge is -2.15. The van der Waals surface area contributed by atoms with Gasteiger partial charge in [-0.25, -0.2) is 4.79 Å². The fraction of sp³-hybridized carbons (Fsp3) is 0.417. The van der Waals surface area contributed by atoms with Crippen molar-refractivity contribution in [3.05, 3.63) is 28.3 Å². The lowest BCUT2D eigenvalue weighted by molar-refractivity contribution is 0.404. The Hall–Kier alpha value is -1.31. The SMILES string of the molecule is COc1cc(C)c(Cl)cc1C1(N=C=O)CC1. The van der Waals surface area contributed by atoms with Crippen LogP contribution in [0, 0.1) is 6.92 Å². The average molecular weight is 238 g/mol. The van der Waals surface area contributed by atoms with Crippen LogP contribution < -0.4 is 4.74 Å². The van der Waals surface area contributed by atoms with Gasteiger partial charge in [0, 0.05) is 10.6 Å². The molecular weight excluding hydrogens is 226 g/mol. The highest BCUT2D eigenvalue weighted by Crippen LogP contribution is 2.53. The largest absolute Gasteiger partial charge is 0.496 e. The predicted octanol–water partition coefficient (Wildman–Crippen LogP) is 2.98. The molecule has 0 bridgehead atoms. The van der Waals surface area contributed by atoms with Crippen LogP contribution in [0.5, 0.6) is 5.75 Å². The molecule has 0 heterocycles. The summed E-state index contributed by atoms with van der Waals surface area (Å²) in [5.74, 6) is 0.735. The van der Waals surface area contributed by atoms with Crippen LogP contribution in [-0.4, -0.2) is 13.2 Å². The molecule has 1 aromatic carbocycles. The molecule has 1 fully saturated rings. The number of hydrogen-bond acceptors (Lipinski definition) is 3. The Balaban J connectivity index is 2.55. The standard InChI is InChI=1S/C12H12ClNO2/c1-8-5-11(16-2)9(6-10(8)13)12(3-4-12)14-7-15/h5-6H,3-4H2,1-2H3. The second kappa shape index (κ2) is 3.93. The van der Waals surface area contributed by atoms with Crippen molar-refractivity contribution in [2.45, 2.75) is 25.3 Å². The van der Waals surface area contributed by atoms with E-state index < -0.39 is 5.54 Å². The molecule has 1 aliphatic carbocycles. The maximum Gasteiger partial charge on any atom is 0.235 e. The van der Waals surface area contributed by atoms with Gasteiger partial charge in [-0.05, 0) is 37.5 Å². The van der Waals surface area contributed by atoms with Gasteiger partial charge in [-0.3, -0.25) is 0 Å². The van der Waals surface area contributed by atoms with Gasteiger partial charge in [0.25, 0.3) is 0 Å². The molecule has 0 unspecified atom stereocenters. The van der Waals surface area contributed by atoms with Gasteiger partial charge in [-0.1, -0.05) is 11.6 Å². The number of rotatable bonds is 3. The Morgan fingerprint density at radius 3 is 2.69 bits per heavy atom. The quantitative estimate of drug-likeness (QED) is 0.599. The van der Waals surface area contributed by atoms with Gasteiger partial charge in [0.15, 0.2) is 0 Å². The number of isocyanates is 1. The normalized spacial score (nSPS) is 16.4. The van der Waals surface area contributed by atoms with E-state index in [1.165, 1.54) is 0 Å². The van der Waals surface area contributed by atoms with Crippen molar-refractivity contribution in [1.29, 1.82) is 0 Å². The first-order valence-electron chi connectivity index (χ1n) is 5.06. The number of hydrogen-bond donors (Lipinski definition) is 0. The molecule has 0 N–H and O–H groups in total. The molecule has 3 nitrogen and oxygen atoms in total. The molecule has 2 rings (SSSR count). The van der Waals surface area contributed by atoms with Crippen molar-refractivity contribution >= 4 is 17.7 Å². The fourth-order valence-electron chi connectivity index (χ4n) is 1.83. The van der Waals surface area contributed by atoms with Crippen LogP contribution in [0.2, 0.25) is 5.02 Å². The number of benzene rings is 1. The molecule has 16 heavy (non-hydrogen) atoms. The van der Waals surface area contributed by atoms with E-state index in [1.807, 2.05) is 19.1 Å². The van der Waals surface area contributed by atoms with Crippen molar-refractivity contribution in [2.24, 2.45) is 4.99 Å². The molecule has 1 aliphatic rings. The van der Waals surface area contributed by atoms with E-state index in [1.54, 1.807) is 13.2 Å². The summed E-state index contributed by atoms with van der Waals surface area (Å²) in [6, 6.07) is 3.71. The first-order chi connectivity index (χ1) is 7.63. The number of ether oxygens (including phenoxy) is 1. The Kier molecular flexibility index (Phi) is 2.75. The minimum Gasteiger partial charge on any atom is -0.496 e. The third kappa shape index (κ3) is 1.73. The maximum atomic E-state index is 10.4. The van der Waals surface area contributed by atoms with Gasteiger partial charge in [-0.15, -0.1) is 0 Å². The van der Waals surface area contributed by atoms with E-state index >= 15 is 0 Å². The Labute approximate surface area is 99.1 Å². The number of nitrogens with zero attached hydrogens (tertiary/aromatic N) is 1. The lowest BCUT2D eigenvalue weighted by atomic mass is 10.0. The summed E-state index contributed by atoms with van der Waals surface area (Å²) in [6.45, 7) is 1.91. The molecular formula is C12H12ClNO2. The molecule has 0 radical (unpaired) electrons. The fourth-order valence-corrected chi connectivity index (χ4v) is 2.00. The van der Waals surface area contributed by atoms with Crippen LogP contribution >= 0.6 is 11.6 Å². The third-order valence-corrected chi connectivity index (χ3v) is 3.37. The molecule has 0 spiro atoms. The van der Waals surface area contributed by atoms with E-state index in [2.05, 4.69) is 4.99 Å². The molecule has 1 aromatic rings. The van der Waals surface area contributed by atoms with Crippen LogP contribution in [0.15, 0.2) is 17.1 Å². The molecule has 0 atom stereocenters. The van der Waals surface area contributed by atoms with Crippen molar-refractivity contribution < 1.29 is 9.53 Å². The monoisotopic (exact) mass is 237 g/mol. The number of aliphatic imine (C=N–C) groups is 1. The highest BCUT2D eigenvalue weighted by atomic mass is 35.5. The number of carbonyl (C=O) groups excluding carboxylic acids is 1. The van der Waals surface area contributed by atoms with Gasteiger partial charge in [-0.2, -0.15) is 4.99 Å². The second-order valence-corrected chi connectivity index (χ2v) is 4.44. The minimum absolute atomic E-state index is 0.440. The smallest absolute Gasteiger partial charge is 0.235 e. The van der Waals surface area contributed by atoms with E-state index in [9.17, 15) is 4.79 Å². The number of aryl methyl sites for hydroxylation is 1. The van der Waals surface area contributed by atoms with Crippen molar-refractivity contribution in [3.63, 3.8) is 0 Å². The predicted molar refractivity (Wildman–Crippen MR) is 61.8 cm³/mol. The van der Waals surface area contributed by atoms with E-state index in [-0.39, 0.29) is 0 Å². The zero-order chi connectivity index (χ0) is 11.8. The third-order valence-electron chi connectivity index (χ3n) is 2.97. The average Bonchev–Trinajstić information content (AvgIpc) is 3.03. The van der Waals surface area contributed by atoms with E-state index in [0.717, 1.165) is 29.7 Å². The van der Waals surface area contributed by atoms with Crippen LogP contribution in [0.4, 0.5) is 0 Å². The summed E-state index contributed by atoms with van der Waals surface area (Å²) in [4.78, 5) is 14.3. The topological polar surface area (TPSA) is 38.7 Å². The number of methoxy groups -OCH3 is 1. The maximum absolute atomic E-state index is 10.4. The van der Waals surface area contributed by atoms with Gasteiger partial charge in [0.2, 0.25) is 6.08 Å². The molecule has 84 valence electrons. The molecule has 0 aliphatic heterocycles. The minimum atomic E-state index is -0.440. The van der Waals surface area contributed by atoms with Crippen LogP contribution in [0.25, 0.3) is 0 Å². The Bertz CT molecular complexity index is 474. The molecule has 0 saturated heterocycles. The lowest BCUT2D eigenvalue weighted by Crippen LogP contribution is -2.05. The zero-order valence-electron chi connectivity index (χ0n) is 9.21. The Morgan fingerprint density at radius 2 is 2.19 bits per heavy atom. The summed E-state index contributed by atoms with van der Waals surface area (Å²) in [5, 5.41) is 0.670. The summed E-state index contributed by atoms with van der Waals surface area (Å²) < 4.78 is 5.31. The zero-order valence-corrected chi connectivity index (χ0v) is 9.97. The van der Waals surface area contributed by atoms with Crippen molar-refractivity contribution in [3.8, 4) is 5.75 Å². The van der Waals surface area contributed by atoms with Gasteiger partial charge < -0.3 is 4.74 Å². The number of halogens is 1. The highest BCUT2D eigenvalue weighted by Gasteiger charge is 2.47. The van der Waals surface area contributed by atoms with E-state index in [0.29, 0.717) is 5.02 Å². The van der Waals surface area contributed by atoms with Crippen molar-refractivity contribution in [1.82, 2.24) is 0 Å². The molecule has 0 amide bonds. The highest BCUT2D eigenvalue weighted by molar-refractivity contribution is 6.31. The van der Waals surface area contributed by atoms with Crippen LogP contribution in [0.3, 0.4) is 0 Å². The molecule has 4 heteroatoms. The second-order valence-electron chi connectivity index (χ2n) is 4.04. The van der Waals surface area contributed by atoms with Crippen LogP contribution in [0.1, 0.15) is 24.0 Å². The summed E-state index contributed by atoms with van der Waals surface area (Å²) in [7, 11) is 1.60. The first-order valence-corrected chi connectivity index (χ1v) is 5.44. The summed E-state index contributed by atoms with van der Waals surface area (Å²) in [5.41, 5.74) is 1.40. The van der Waals surface area contributed by atoms with Gasteiger partial charge >= 0.3 is 0 Å². The first kappa shape index (κ1) is 11.2. The molecule has 1 saturated carbocycles. The van der Waals surface area contributed by atoms with Gasteiger partial charge in [0.1, 0.15) is 11.3 Å². The van der Waals surface area contributed by atoms with Gasteiger partial charge in [0.05, 0.1) is 7.11 Å². The van der Waals surface area contributed by atoms with Crippen molar-refractivity contribution in [2.75, 3.05) is 7.11 Å². The molecule has 0 aromatic heterocycles. The Morgan fingerprint density at radius 1 is 1.50 bits per heavy atom. The van der Waals surface area contributed by atoms with Crippen LogP contribution in [-0.2, 0) is 10.3 Å².